The molecule has 0 saturated heterocycles. The van der Waals surface area contributed by atoms with Crippen LogP contribution in [-0.4, -0.2) is 18.7 Å². The number of fused-ring (bicyclic) bond motifs is 4. The van der Waals surface area contributed by atoms with E-state index in [0.29, 0.717) is 40.4 Å². The highest BCUT2D eigenvalue weighted by atomic mass is 16.5. The number of carbonyl (C=O) groups excluding carboxylic acids is 2. The average Bonchev–Trinajstić information content (AvgIpc) is 2.96. The van der Waals surface area contributed by atoms with Crippen LogP contribution in [0.4, 0.5) is 0 Å². The Hall–Kier alpha value is -3.66. The van der Waals surface area contributed by atoms with Crippen molar-refractivity contribution >= 4 is 28.8 Å². The smallest absolute Gasteiger partial charge is 0.237 e. The summed E-state index contributed by atoms with van der Waals surface area (Å²) in [5, 5.41) is 0. The molecule has 0 atom stereocenters. The molecule has 0 bridgehead atoms. The molecule has 2 aliphatic carbocycles. The van der Waals surface area contributed by atoms with Crippen molar-refractivity contribution in [2.24, 2.45) is 0 Å². The zero-order valence-corrected chi connectivity index (χ0v) is 17.0. The van der Waals surface area contributed by atoms with E-state index in [9.17, 15) is 9.59 Å². The molecule has 0 aliphatic heterocycles. The first-order valence-corrected chi connectivity index (χ1v) is 9.88. The summed E-state index contributed by atoms with van der Waals surface area (Å²) in [6.07, 6.45) is 4.58. The first-order valence-electron chi connectivity index (χ1n) is 9.88. The molecule has 2 aromatic carbocycles. The maximum absolute atomic E-state index is 13.3. The van der Waals surface area contributed by atoms with Gasteiger partial charge in [0.2, 0.25) is 11.6 Å². The number of rotatable bonds is 2. The Morgan fingerprint density at radius 2 is 1.67 bits per heavy atom. The number of furan rings is 1. The van der Waals surface area contributed by atoms with E-state index in [4.69, 9.17) is 9.15 Å². The van der Waals surface area contributed by atoms with Crippen LogP contribution in [0.15, 0.2) is 53.0 Å². The minimum atomic E-state index is -0.513. The monoisotopic (exact) mass is 396 g/mol. The standard InChI is InChI=1S/C26H20O4/c1-14-8-6-11-17-16(14)10-7-12-19-22(17)24(28)23(27)21-15(2)25(30-26(19)21)18-9-4-5-13-20(18)29-3/h4-11,13H,12H2,1-3H3. The minimum absolute atomic E-state index is 0.365. The number of para-hydroxylation sites is 1. The Kier molecular flexibility index (Phi) is 4.10. The summed E-state index contributed by atoms with van der Waals surface area (Å²) in [7, 11) is 1.60. The molecular formula is C26H20O4. The van der Waals surface area contributed by atoms with Crippen LogP contribution < -0.4 is 4.74 Å². The Bertz CT molecular complexity index is 1300. The van der Waals surface area contributed by atoms with Gasteiger partial charge in [-0.1, -0.05) is 42.5 Å². The van der Waals surface area contributed by atoms with Crippen molar-refractivity contribution in [2.75, 3.05) is 7.11 Å². The third kappa shape index (κ3) is 2.47. The molecule has 0 fully saturated rings. The van der Waals surface area contributed by atoms with Crippen molar-refractivity contribution in [1.29, 1.82) is 0 Å². The average molecular weight is 396 g/mol. The summed E-state index contributed by atoms with van der Waals surface area (Å²) in [6, 6.07) is 13.3. The highest BCUT2D eigenvalue weighted by Gasteiger charge is 2.39. The van der Waals surface area contributed by atoms with Gasteiger partial charge < -0.3 is 9.15 Å². The van der Waals surface area contributed by atoms with Gasteiger partial charge in [-0.3, -0.25) is 9.59 Å². The van der Waals surface area contributed by atoms with Crippen LogP contribution in [0.2, 0.25) is 0 Å². The van der Waals surface area contributed by atoms with Gasteiger partial charge in [-0.25, -0.2) is 0 Å². The molecule has 1 aromatic heterocycles. The fourth-order valence-corrected chi connectivity index (χ4v) is 4.46. The lowest BCUT2D eigenvalue weighted by Gasteiger charge is -2.18. The summed E-state index contributed by atoms with van der Waals surface area (Å²) in [4.78, 5) is 26.5. The Labute approximate surface area is 174 Å². The topological polar surface area (TPSA) is 56.5 Å². The Morgan fingerprint density at radius 1 is 0.900 bits per heavy atom. The summed E-state index contributed by atoms with van der Waals surface area (Å²) in [5.41, 5.74) is 5.83. The fraction of sp³-hybridized carbons (Fsp3) is 0.154. The van der Waals surface area contributed by atoms with E-state index >= 15 is 0 Å². The van der Waals surface area contributed by atoms with Crippen LogP contribution in [0.25, 0.3) is 28.5 Å². The molecule has 0 unspecified atom stereocenters. The number of benzene rings is 2. The van der Waals surface area contributed by atoms with Gasteiger partial charge in [-0.15, -0.1) is 0 Å². The van der Waals surface area contributed by atoms with Gasteiger partial charge in [-0.05, 0) is 49.1 Å². The number of methoxy groups -OCH3 is 1. The molecular weight excluding hydrogens is 376 g/mol. The number of aryl methyl sites for hydroxylation is 1. The van der Waals surface area contributed by atoms with Crippen LogP contribution in [-0.2, 0) is 4.79 Å². The van der Waals surface area contributed by atoms with Gasteiger partial charge in [0.15, 0.2) is 0 Å². The first-order chi connectivity index (χ1) is 14.5. The van der Waals surface area contributed by atoms with Gasteiger partial charge in [-0.2, -0.15) is 0 Å². The van der Waals surface area contributed by atoms with Gasteiger partial charge in [0.25, 0.3) is 0 Å². The van der Waals surface area contributed by atoms with E-state index < -0.39 is 11.6 Å². The van der Waals surface area contributed by atoms with Gasteiger partial charge in [0.05, 0.1) is 18.2 Å². The molecule has 4 nitrogen and oxygen atoms in total. The zero-order chi connectivity index (χ0) is 21.0. The molecule has 30 heavy (non-hydrogen) atoms. The third-order valence-electron chi connectivity index (χ3n) is 5.93. The number of ether oxygens (including phenoxy) is 1. The maximum Gasteiger partial charge on any atom is 0.237 e. The molecule has 0 N–H and O–H groups in total. The second kappa shape index (κ2) is 6.70. The number of carbonyl (C=O) groups is 2. The highest BCUT2D eigenvalue weighted by Crippen LogP contribution is 2.46. The molecule has 0 radical (unpaired) electrons. The minimum Gasteiger partial charge on any atom is -0.496 e. The third-order valence-corrected chi connectivity index (χ3v) is 5.93. The second-order valence-corrected chi connectivity index (χ2v) is 7.62. The Morgan fingerprint density at radius 3 is 2.47 bits per heavy atom. The van der Waals surface area contributed by atoms with Gasteiger partial charge in [0, 0.05) is 16.7 Å². The van der Waals surface area contributed by atoms with Crippen LogP contribution in [0.5, 0.6) is 5.75 Å². The number of allylic oxidation sites excluding steroid dienone is 3. The van der Waals surface area contributed by atoms with E-state index in [0.717, 1.165) is 27.8 Å². The van der Waals surface area contributed by atoms with Crippen molar-refractivity contribution in [3.63, 3.8) is 0 Å². The molecule has 2 aliphatic rings. The van der Waals surface area contributed by atoms with E-state index in [1.54, 1.807) is 7.11 Å². The van der Waals surface area contributed by atoms with Crippen molar-refractivity contribution in [3.8, 4) is 17.1 Å². The summed E-state index contributed by atoms with van der Waals surface area (Å²) in [5.74, 6) is 0.725. The van der Waals surface area contributed by atoms with Crippen molar-refractivity contribution in [2.45, 2.75) is 20.3 Å². The summed E-state index contributed by atoms with van der Waals surface area (Å²) >= 11 is 0. The Balaban J connectivity index is 1.81. The van der Waals surface area contributed by atoms with Crippen LogP contribution in [0.3, 0.4) is 0 Å². The van der Waals surface area contributed by atoms with Crippen molar-refractivity contribution < 1.29 is 18.7 Å². The molecule has 1 heterocycles. The molecule has 0 saturated carbocycles. The lowest BCUT2D eigenvalue weighted by atomic mass is 9.81. The predicted molar refractivity (Wildman–Crippen MR) is 116 cm³/mol. The van der Waals surface area contributed by atoms with E-state index in [-0.39, 0.29) is 0 Å². The number of hydrogen-bond acceptors (Lipinski definition) is 4. The lowest BCUT2D eigenvalue weighted by molar-refractivity contribution is -0.110. The van der Waals surface area contributed by atoms with Crippen LogP contribution >= 0.6 is 0 Å². The molecule has 148 valence electrons. The maximum atomic E-state index is 13.3. The zero-order valence-electron chi connectivity index (χ0n) is 17.0. The lowest BCUT2D eigenvalue weighted by Crippen LogP contribution is -2.23. The van der Waals surface area contributed by atoms with E-state index in [1.807, 2.05) is 68.5 Å². The summed E-state index contributed by atoms with van der Waals surface area (Å²) < 4.78 is 11.8. The molecule has 4 heteroatoms. The number of ketones is 2. The van der Waals surface area contributed by atoms with Crippen LogP contribution in [0.1, 0.15) is 44.8 Å². The van der Waals surface area contributed by atoms with Gasteiger partial charge in [0.1, 0.15) is 17.3 Å². The largest absolute Gasteiger partial charge is 0.496 e. The van der Waals surface area contributed by atoms with Crippen molar-refractivity contribution in [1.82, 2.24) is 0 Å². The van der Waals surface area contributed by atoms with Crippen molar-refractivity contribution in [3.05, 3.63) is 82.1 Å². The number of hydrogen-bond donors (Lipinski definition) is 0. The highest BCUT2D eigenvalue weighted by molar-refractivity contribution is 6.62. The fourth-order valence-electron chi connectivity index (χ4n) is 4.46. The van der Waals surface area contributed by atoms with Crippen LogP contribution in [0, 0.1) is 13.8 Å². The van der Waals surface area contributed by atoms with E-state index in [2.05, 4.69) is 0 Å². The molecule has 5 rings (SSSR count). The quantitative estimate of drug-likeness (QED) is 0.524. The van der Waals surface area contributed by atoms with Gasteiger partial charge >= 0.3 is 0 Å². The summed E-state index contributed by atoms with van der Waals surface area (Å²) in [6.45, 7) is 3.83. The molecule has 3 aromatic rings. The second-order valence-electron chi connectivity index (χ2n) is 7.62. The SMILES string of the molecule is COc1ccccc1-c1oc2c(c1C)C(=O)C(=O)C1=C2CC=Cc2c(C)cccc21. The first kappa shape index (κ1) is 18.4. The molecule has 0 amide bonds. The van der Waals surface area contributed by atoms with E-state index in [1.165, 1.54) is 0 Å². The number of Topliss-reactive ketones (excluding diaryl/α,β-unsaturated/α-hetero) is 2. The molecule has 0 spiro atoms. The normalized spacial score (nSPS) is 14.9. The predicted octanol–water partition coefficient (Wildman–Crippen LogP) is 5.67.